The molecule has 0 aromatic rings. The summed E-state index contributed by atoms with van der Waals surface area (Å²) in [7, 11) is -3.75. The average molecular weight is 247 g/mol. The van der Waals surface area contributed by atoms with Crippen LogP contribution in [0, 0.1) is 16.7 Å². The van der Waals surface area contributed by atoms with Crippen LogP contribution < -0.4 is 0 Å². The summed E-state index contributed by atoms with van der Waals surface area (Å²) in [5.41, 5.74) is -0.437. The van der Waals surface area contributed by atoms with Crippen LogP contribution in [0.25, 0.3) is 0 Å². The van der Waals surface area contributed by atoms with Gasteiger partial charge in [-0.2, -0.15) is 0 Å². The van der Waals surface area contributed by atoms with Crippen molar-refractivity contribution in [2.75, 3.05) is 6.54 Å². The summed E-state index contributed by atoms with van der Waals surface area (Å²) in [6, 6.07) is 0. The van der Waals surface area contributed by atoms with Crippen LogP contribution in [0.2, 0.25) is 0 Å². The Bertz CT molecular complexity index is 461. The summed E-state index contributed by atoms with van der Waals surface area (Å²) < 4.78 is 37.2. The van der Waals surface area contributed by atoms with Gasteiger partial charge in [0.05, 0.1) is 11.3 Å². The molecule has 1 aliphatic heterocycles. The predicted molar refractivity (Wildman–Crippen MR) is 58.7 cm³/mol. The van der Waals surface area contributed by atoms with Crippen LogP contribution in [0.15, 0.2) is 0 Å². The number of hydrogen-bond donors (Lipinski definition) is 0. The van der Waals surface area contributed by atoms with Crippen LogP contribution in [-0.4, -0.2) is 24.2 Å². The number of nitrogens with zero attached hydrogens (tertiary/aromatic N) is 1. The fourth-order valence-electron chi connectivity index (χ4n) is 4.78. The Balaban J connectivity index is 2.27. The van der Waals surface area contributed by atoms with Crippen molar-refractivity contribution in [2.45, 2.75) is 44.8 Å². The van der Waals surface area contributed by atoms with Gasteiger partial charge in [0.1, 0.15) is 0 Å². The molecule has 2 bridgehead atoms. The first-order valence-electron chi connectivity index (χ1n) is 5.87. The Morgan fingerprint density at radius 1 is 1.31 bits per heavy atom. The van der Waals surface area contributed by atoms with Gasteiger partial charge in [0.25, 0.3) is 0 Å². The van der Waals surface area contributed by atoms with Crippen LogP contribution in [0.5, 0.6) is 0 Å². The minimum atomic E-state index is -3.75. The lowest BCUT2D eigenvalue weighted by molar-refractivity contribution is 0.0443. The van der Waals surface area contributed by atoms with Gasteiger partial charge in [-0.15, -0.1) is 4.48 Å². The topological polar surface area (TPSA) is 37.4 Å². The average Bonchev–Trinajstić information content (AvgIpc) is 2.56. The molecule has 2 saturated carbocycles. The van der Waals surface area contributed by atoms with Gasteiger partial charge in [-0.05, 0) is 42.0 Å². The maximum atomic E-state index is 13.7. The van der Waals surface area contributed by atoms with E-state index in [0.29, 0.717) is 12.3 Å². The third-order valence-electron chi connectivity index (χ3n) is 6.05. The molecule has 0 aromatic carbocycles. The van der Waals surface area contributed by atoms with Gasteiger partial charge in [0.15, 0.2) is 0 Å². The molecule has 1 saturated heterocycles. The van der Waals surface area contributed by atoms with Crippen molar-refractivity contribution in [3.63, 3.8) is 0 Å². The Morgan fingerprint density at radius 3 is 2.44 bits per heavy atom. The van der Waals surface area contributed by atoms with Gasteiger partial charge in [-0.1, -0.05) is 13.8 Å². The summed E-state index contributed by atoms with van der Waals surface area (Å²) in [5, 5.41) is 0. The molecule has 16 heavy (non-hydrogen) atoms. The standard InChI is InChI=1S/C11H18FNO2S/c1-9(2)8-4-5-11(9)7-13(12)16(14,15)10(11,3)6-8/h8H,4-7H2,1-3H3. The zero-order chi connectivity index (χ0) is 12.0. The Kier molecular flexibility index (Phi) is 1.70. The van der Waals surface area contributed by atoms with Crippen LogP contribution in [0.3, 0.4) is 0 Å². The number of fused-ring (bicyclic) bond motifs is 1. The molecule has 3 aliphatic rings. The van der Waals surface area contributed by atoms with Gasteiger partial charge in [0, 0.05) is 5.41 Å². The lowest BCUT2D eigenvalue weighted by Crippen LogP contribution is -2.47. The molecule has 1 heterocycles. The van der Waals surface area contributed by atoms with Gasteiger partial charge in [-0.3, -0.25) is 0 Å². The highest BCUT2D eigenvalue weighted by atomic mass is 32.2. The van der Waals surface area contributed by atoms with Crippen LogP contribution in [0.1, 0.15) is 40.0 Å². The van der Waals surface area contributed by atoms with Crippen molar-refractivity contribution in [3.8, 4) is 0 Å². The summed E-state index contributed by atoms with van der Waals surface area (Å²) >= 11 is 0. The van der Waals surface area contributed by atoms with Crippen LogP contribution >= 0.6 is 0 Å². The van der Waals surface area contributed by atoms with E-state index in [1.807, 2.05) is 0 Å². The maximum Gasteiger partial charge on any atom is 0.246 e. The molecule has 1 spiro atoms. The van der Waals surface area contributed by atoms with E-state index < -0.39 is 14.8 Å². The number of rotatable bonds is 0. The highest BCUT2D eigenvalue weighted by Crippen LogP contribution is 2.74. The minimum absolute atomic E-state index is 0.0599. The lowest BCUT2D eigenvalue weighted by atomic mass is 9.65. The van der Waals surface area contributed by atoms with E-state index >= 15 is 0 Å². The van der Waals surface area contributed by atoms with E-state index in [4.69, 9.17) is 0 Å². The highest BCUT2D eigenvalue weighted by molar-refractivity contribution is 7.90. The summed E-state index contributed by atoms with van der Waals surface area (Å²) in [4.78, 5) is 0. The lowest BCUT2D eigenvalue weighted by Gasteiger charge is -2.41. The normalized spacial score (nSPS) is 53.1. The van der Waals surface area contributed by atoms with E-state index in [1.165, 1.54) is 0 Å². The second-order valence-corrected chi connectivity index (χ2v) is 8.67. The van der Waals surface area contributed by atoms with Gasteiger partial charge < -0.3 is 0 Å². The molecule has 92 valence electrons. The van der Waals surface area contributed by atoms with Crippen molar-refractivity contribution in [1.29, 1.82) is 0 Å². The zero-order valence-electron chi connectivity index (χ0n) is 9.96. The number of sulfonamides is 1. The first-order valence-corrected chi connectivity index (χ1v) is 7.31. The van der Waals surface area contributed by atoms with Crippen LogP contribution in [0.4, 0.5) is 4.48 Å². The summed E-state index contributed by atoms with van der Waals surface area (Å²) in [6.07, 6.45) is 2.52. The third kappa shape index (κ3) is 0.759. The van der Waals surface area contributed by atoms with Gasteiger partial charge >= 0.3 is 0 Å². The monoisotopic (exact) mass is 247 g/mol. The van der Waals surface area contributed by atoms with E-state index in [2.05, 4.69) is 13.8 Å². The second-order valence-electron chi connectivity index (χ2n) is 6.43. The fraction of sp³-hybridized carbons (Fsp3) is 1.00. The van der Waals surface area contributed by atoms with E-state index in [9.17, 15) is 12.9 Å². The minimum Gasteiger partial charge on any atom is -0.209 e. The molecule has 0 amide bonds. The highest BCUT2D eigenvalue weighted by Gasteiger charge is 2.78. The van der Waals surface area contributed by atoms with E-state index in [0.717, 1.165) is 12.8 Å². The second kappa shape index (κ2) is 2.48. The third-order valence-corrected chi connectivity index (χ3v) is 8.39. The van der Waals surface area contributed by atoms with Crippen molar-refractivity contribution in [3.05, 3.63) is 0 Å². The van der Waals surface area contributed by atoms with E-state index in [-0.39, 0.29) is 21.9 Å². The SMILES string of the molecule is CC1(C)C2CCC13CN(F)S(=O)(=O)C3(C)C2. The molecule has 3 nitrogen and oxygen atoms in total. The Labute approximate surface area is 96.0 Å². The molecule has 3 fully saturated rings. The maximum absolute atomic E-state index is 13.7. The molecular formula is C11H18FNO2S. The smallest absolute Gasteiger partial charge is 0.209 e. The largest absolute Gasteiger partial charge is 0.246 e. The number of halogens is 1. The summed E-state index contributed by atoms with van der Waals surface area (Å²) in [6.45, 7) is 6.05. The van der Waals surface area contributed by atoms with E-state index in [1.54, 1.807) is 6.92 Å². The van der Waals surface area contributed by atoms with Crippen molar-refractivity contribution in [1.82, 2.24) is 4.53 Å². The zero-order valence-corrected chi connectivity index (χ0v) is 10.8. The van der Waals surface area contributed by atoms with Gasteiger partial charge in [-0.25, -0.2) is 8.42 Å². The van der Waals surface area contributed by atoms with Crippen molar-refractivity contribution in [2.24, 2.45) is 16.7 Å². The van der Waals surface area contributed by atoms with Gasteiger partial charge in [0.2, 0.25) is 10.0 Å². The molecule has 5 heteroatoms. The fourth-order valence-corrected chi connectivity index (χ4v) is 6.94. The predicted octanol–water partition coefficient (Wildman–Crippen LogP) is 2.10. The molecular weight excluding hydrogens is 229 g/mol. The molecule has 3 atom stereocenters. The van der Waals surface area contributed by atoms with Crippen molar-refractivity contribution < 1.29 is 12.9 Å². The molecule has 3 rings (SSSR count). The number of hydrogen-bond acceptors (Lipinski definition) is 2. The molecule has 3 unspecified atom stereocenters. The quantitative estimate of drug-likeness (QED) is 0.615. The molecule has 2 aliphatic carbocycles. The van der Waals surface area contributed by atoms with Crippen molar-refractivity contribution >= 4 is 10.0 Å². The Hall–Kier alpha value is -0.160. The summed E-state index contributed by atoms with van der Waals surface area (Å²) in [5.74, 6) is 0.431. The first-order chi connectivity index (χ1) is 7.19. The molecule has 0 N–H and O–H groups in total. The van der Waals surface area contributed by atoms with Crippen LogP contribution in [-0.2, 0) is 10.0 Å². The first kappa shape index (κ1) is 11.0. The molecule has 0 radical (unpaired) electrons. The molecule has 0 aromatic heterocycles. The Morgan fingerprint density at radius 2 is 1.94 bits per heavy atom.